The number of esters is 2. The zero-order valence-electron chi connectivity index (χ0n) is 26.8. The second-order valence-electron chi connectivity index (χ2n) is 11.5. The van der Waals surface area contributed by atoms with Gasteiger partial charge in [0.05, 0.1) is 13.2 Å². The molecular weight excluding hydrogens is 560 g/mol. The molecule has 41 heavy (non-hydrogen) atoms. The lowest BCUT2D eigenvalue weighted by atomic mass is 10.4. The summed E-state index contributed by atoms with van der Waals surface area (Å²) in [5, 5.41) is 0. The van der Waals surface area contributed by atoms with Crippen LogP contribution in [0.5, 0.6) is 0 Å². The smallest absolute Gasteiger partial charge is 0.333 e. The summed E-state index contributed by atoms with van der Waals surface area (Å²) in [6.07, 6.45) is 5.12. The Bertz CT molecular complexity index is 681. The molecule has 0 N–H and O–H groups in total. The van der Waals surface area contributed by atoms with Gasteiger partial charge in [-0.2, -0.15) is 0 Å². The highest BCUT2D eigenvalue weighted by atomic mass is 28.4. The molecule has 0 aromatic carbocycles. The van der Waals surface area contributed by atoms with Crippen molar-refractivity contribution in [1.82, 2.24) is 0 Å². The van der Waals surface area contributed by atoms with E-state index in [1.165, 1.54) is 0 Å². The van der Waals surface area contributed by atoms with E-state index in [2.05, 4.69) is 39.3 Å². The van der Waals surface area contributed by atoms with E-state index in [-0.39, 0.29) is 11.9 Å². The van der Waals surface area contributed by atoms with Gasteiger partial charge in [-0.05, 0) is 90.6 Å². The van der Waals surface area contributed by atoms with Crippen molar-refractivity contribution in [2.45, 2.75) is 90.6 Å². The first-order valence-electron chi connectivity index (χ1n) is 15.0. The normalized spacial score (nSPS) is 11.9. The average Bonchev–Trinajstić information content (AvgIpc) is 2.90. The number of hydrogen-bond donors (Lipinski definition) is 0. The highest BCUT2D eigenvalue weighted by Crippen LogP contribution is 2.15. The Morgan fingerprint density at radius 2 is 0.780 bits per heavy atom. The fourth-order valence-electron chi connectivity index (χ4n) is 3.57. The zero-order valence-corrected chi connectivity index (χ0v) is 28.8. The van der Waals surface area contributed by atoms with Gasteiger partial charge in [0.1, 0.15) is 0 Å². The minimum absolute atomic E-state index is 0.327. The summed E-state index contributed by atoms with van der Waals surface area (Å²) in [4.78, 5) is 22.8. The topological polar surface area (TPSA) is 98.8 Å². The lowest BCUT2D eigenvalue weighted by molar-refractivity contribution is -0.139. The van der Waals surface area contributed by atoms with Crippen molar-refractivity contribution in [2.24, 2.45) is 0 Å². The van der Waals surface area contributed by atoms with E-state index < -0.39 is 16.6 Å². The predicted molar refractivity (Wildman–Crippen MR) is 168 cm³/mol. The summed E-state index contributed by atoms with van der Waals surface area (Å²) >= 11 is 0. The van der Waals surface area contributed by atoms with Crippen molar-refractivity contribution in [2.75, 3.05) is 66.1 Å². The lowest BCUT2D eigenvalue weighted by Gasteiger charge is -2.22. The third-order valence-corrected chi connectivity index (χ3v) is 11.1. The molecule has 240 valence electrons. The molecule has 0 fully saturated rings. The van der Waals surface area contributed by atoms with Gasteiger partial charge in [0.2, 0.25) is 0 Å². The van der Waals surface area contributed by atoms with Gasteiger partial charge in [0.15, 0.2) is 16.6 Å². The van der Waals surface area contributed by atoms with E-state index in [1.54, 1.807) is 13.8 Å². The quantitative estimate of drug-likeness (QED) is 0.0448. The van der Waals surface area contributed by atoms with Crippen molar-refractivity contribution in [3.8, 4) is 0 Å². The fourth-order valence-corrected chi connectivity index (χ4v) is 7.24. The molecule has 0 aliphatic heterocycles. The van der Waals surface area contributed by atoms with E-state index in [0.29, 0.717) is 77.2 Å². The van der Waals surface area contributed by atoms with Crippen molar-refractivity contribution >= 4 is 28.6 Å². The van der Waals surface area contributed by atoms with Crippen LogP contribution in [0.1, 0.15) is 52.4 Å². The van der Waals surface area contributed by atoms with Crippen LogP contribution in [0.15, 0.2) is 24.3 Å². The molecule has 0 aliphatic rings. The summed E-state index contributed by atoms with van der Waals surface area (Å²) in [5.74, 6) is -0.654. The highest BCUT2D eigenvalue weighted by molar-refractivity contribution is 6.71. The summed E-state index contributed by atoms with van der Waals surface area (Å²) in [7, 11) is -3.50. The van der Waals surface area contributed by atoms with Crippen LogP contribution in [0.3, 0.4) is 0 Å². The summed E-state index contributed by atoms with van der Waals surface area (Å²) < 4.78 is 39.5. The van der Waals surface area contributed by atoms with Gasteiger partial charge in [0.25, 0.3) is 0 Å². The number of hydrogen-bond acceptors (Lipinski definition) is 9. The van der Waals surface area contributed by atoms with Gasteiger partial charge < -0.3 is 32.5 Å². The number of rotatable bonds is 28. The first kappa shape index (κ1) is 39.7. The summed E-state index contributed by atoms with van der Waals surface area (Å²) in [5.41, 5.74) is 0.861. The Hall–Kier alpha value is -1.35. The molecule has 0 aliphatic carbocycles. The molecule has 0 radical (unpaired) electrons. The minimum Gasteiger partial charge on any atom is -0.462 e. The van der Waals surface area contributed by atoms with E-state index in [9.17, 15) is 9.59 Å². The third-order valence-electron chi connectivity index (χ3n) is 6.02. The van der Waals surface area contributed by atoms with Crippen LogP contribution in [0.2, 0.25) is 38.3 Å². The number of ether oxygens (including phenoxy) is 5. The third kappa shape index (κ3) is 26.0. The number of carbonyl (C=O) groups excluding carboxylic acids is 2. The molecule has 0 rings (SSSR count). The van der Waals surface area contributed by atoms with Crippen LogP contribution in [-0.2, 0) is 42.1 Å². The maximum Gasteiger partial charge on any atom is 0.333 e. The Balaban J connectivity index is 3.45. The van der Waals surface area contributed by atoms with Gasteiger partial charge in [-0.25, -0.2) is 9.59 Å². The molecule has 0 aromatic heterocycles. The molecule has 0 saturated carbocycles. The van der Waals surface area contributed by atoms with Crippen molar-refractivity contribution < 1.29 is 42.1 Å². The zero-order chi connectivity index (χ0) is 31.0. The van der Waals surface area contributed by atoms with Gasteiger partial charge >= 0.3 is 11.9 Å². The van der Waals surface area contributed by atoms with Gasteiger partial charge in [-0.3, -0.25) is 0 Å². The maximum atomic E-state index is 11.4. The lowest BCUT2D eigenvalue weighted by Crippen LogP contribution is -2.31. The van der Waals surface area contributed by atoms with E-state index in [4.69, 9.17) is 32.5 Å². The standard InChI is InChI=1S/C30H58O9Si2/c1-27(2)29(31)36-21-13-25-40(5,6)38-23-11-19-34-17-9-15-33-16-10-18-35-20-12-24-39-41(7,8)26-14-22-37-30(32)28(3)4/h1,3,9-26H2,2,4-8H3. The van der Waals surface area contributed by atoms with Gasteiger partial charge in [-0.15, -0.1) is 0 Å². The summed E-state index contributed by atoms with van der Waals surface area (Å²) in [6.45, 7) is 25.6. The molecule has 9 nitrogen and oxygen atoms in total. The molecule has 0 bridgehead atoms. The van der Waals surface area contributed by atoms with Crippen molar-refractivity contribution in [3.63, 3.8) is 0 Å². The van der Waals surface area contributed by atoms with E-state index >= 15 is 0 Å². The van der Waals surface area contributed by atoms with Crippen LogP contribution < -0.4 is 0 Å². The SMILES string of the molecule is C=C(C)C(=O)OCCC[Si](C)(C)OCCCOCCCOCCCOCCCO[Si](C)(C)CCCOC(=O)C(=C)C. The second-order valence-corrected chi connectivity index (χ2v) is 20.1. The largest absolute Gasteiger partial charge is 0.462 e. The maximum absolute atomic E-state index is 11.4. The van der Waals surface area contributed by atoms with Gasteiger partial charge in [-0.1, -0.05) is 13.2 Å². The minimum atomic E-state index is -1.75. The Morgan fingerprint density at radius 3 is 1.07 bits per heavy atom. The first-order chi connectivity index (χ1) is 19.4. The van der Waals surface area contributed by atoms with Crippen molar-refractivity contribution in [3.05, 3.63) is 24.3 Å². The van der Waals surface area contributed by atoms with Crippen molar-refractivity contribution in [1.29, 1.82) is 0 Å². The number of carbonyl (C=O) groups is 2. The molecule has 0 heterocycles. The van der Waals surface area contributed by atoms with Crippen LogP contribution in [-0.4, -0.2) is 94.6 Å². The van der Waals surface area contributed by atoms with Gasteiger partial charge in [0, 0.05) is 64.0 Å². The first-order valence-corrected chi connectivity index (χ1v) is 21.3. The monoisotopic (exact) mass is 618 g/mol. The van der Waals surface area contributed by atoms with Crippen LogP contribution in [0.25, 0.3) is 0 Å². The molecule has 0 amide bonds. The molecule has 0 atom stereocenters. The molecule has 0 spiro atoms. The molecule has 11 heteroatoms. The van der Waals surface area contributed by atoms with Crippen LogP contribution in [0, 0.1) is 0 Å². The molecule has 0 aromatic rings. The Morgan fingerprint density at radius 1 is 0.488 bits per heavy atom. The second kappa shape index (κ2) is 24.1. The average molecular weight is 619 g/mol. The molecule has 0 saturated heterocycles. The molecular formula is C30H58O9Si2. The van der Waals surface area contributed by atoms with Crippen LogP contribution >= 0.6 is 0 Å². The Kier molecular flexibility index (Phi) is 23.3. The van der Waals surface area contributed by atoms with Crippen LogP contribution in [0.4, 0.5) is 0 Å². The van der Waals surface area contributed by atoms with E-state index in [1.807, 2.05) is 0 Å². The Labute approximate surface area is 251 Å². The molecule has 0 unspecified atom stereocenters. The fraction of sp³-hybridized carbons (Fsp3) is 0.800. The predicted octanol–water partition coefficient (Wildman–Crippen LogP) is 6.06. The van der Waals surface area contributed by atoms with E-state index in [0.717, 1.165) is 50.6 Å². The highest BCUT2D eigenvalue weighted by Gasteiger charge is 2.22. The summed E-state index contributed by atoms with van der Waals surface area (Å²) in [6, 6.07) is 1.90.